The zero-order valence-electron chi connectivity index (χ0n) is 19.1. The first kappa shape index (κ1) is 22.7. The predicted molar refractivity (Wildman–Crippen MR) is 125 cm³/mol. The number of piperidine rings is 2. The van der Waals surface area contributed by atoms with Gasteiger partial charge >= 0.3 is 0 Å². The normalized spacial score (nSPS) is 20.0. The number of primary amides is 1. The molecule has 11 heteroatoms. The summed E-state index contributed by atoms with van der Waals surface area (Å²) in [5.74, 6) is -0.150. The third-order valence-electron chi connectivity index (χ3n) is 6.67. The summed E-state index contributed by atoms with van der Waals surface area (Å²) in [6.07, 6.45) is 4.91. The molecule has 182 valence electrons. The largest absolute Gasteiger partial charge is 0.369 e. The van der Waals surface area contributed by atoms with Crippen LogP contribution in [-0.4, -0.2) is 66.8 Å². The molecule has 10 nitrogen and oxygen atoms in total. The van der Waals surface area contributed by atoms with Gasteiger partial charge in [0.2, 0.25) is 5.95 Å². The number of carbonyl (C=O) groups excluding carboxylic acids is 1. The SMILES string of the molecule is NC(=O)c1nnc(N2CCCCC2)nc1Nc1ccc(N2CCC(C3OCCO3)CC2)c(F)c1. The fraction of sp³-hybridized carbons (Fsp3) is 0.565. The van der Waals surface area contributed by atoms with Gasteiger partial charge in [-0.2, -0.15) is 4.98 Å². The Labute approximate surface area is 197 Å². The number of nitrogens with one attached hydrogen (secondary N) is 1. The monoisotopic (exact) mass is 471 g/mol. The van der Waals surface area contributed by atoms with Crippen LogP contribution in [-0.2, 0) is 9.47 Å². The van der Waals surface area contributed by atoms with Crippen molar-refractivity contribution in [2.45, 2.75) is 38.4 Å². The molecule has 0 radical (unpaired) electrons. The van der Waals surface area contributed by atoms with Gasteiger partial charge < -0.3 is 30.3 Å². The molecule has 3 fully saturated rings. The molecule has 3 N–H and O–H groups in total. The summed E-state index contributed by atoms with van der Waals surface area (Å²) >= 11 is 0. The van der Waals surface area contributed by atoms with Gasteiger partial charge in [-0.25, -0.2) is 4.39 Å². The van der Waals surface area contributed by atoms with E-state index in [0.717, 1.165) is 51.9 Å². The third-order valence-corrected chi connectivity index (χ3v) is 6.67. The molecule has 1 amide bonds. The van der Waals surface area contributed by atoms with Crippen molar-refractivity contribution in [3.63, 3.8) is 0 Å². The molecule has 0 unspecified atom stereocenters. The van der Waals surface area contributed by atoms with Crippen molar-refractivity contribution in [2.24, 2.45) is 11.7 Å². The number of aromatic nitrogens is 3. The minimum atomic E-state index is -0.747. The highest BCUT2D eigenvalue weighted by molar-refractivity contribution is 5.96. The van der Waals surface area contributed by atoms with E-state index in [4.69, 9.17) is 15.2 Å². The Morgan fingerprint density at radius 1 is 1.03 bits per heavy atom. The van der Waals surface area contributed by atoms with Crippen LogP contribution in [0.4, 0.5) is 27.5 Å². The summed E-state index contributed by atoms with van der Waals surface area (Å²) < 4.78 is 26.3. The van der Waals surface area contributed by atoms with Crippen molar-refractivity contribution in [1.82, 2.24) is 15.2 Å². The average molecular weight is 472 g/mol. The van der Waals surface area contributed by atoms with Crippen LogP contribution in [0, 0.1) is 11.7 Å². The molecular weight excluding hydrogens is 441 g/mol. The van der Waals surface area contributed by atoms with E-state index in [9.17, 15) is 4.79 Å². The number of rotatable bonds is 6. The van der Waals surface area contributed by atoms with Crippen molar-refractivity contribution < 1.29 is 18.7 Å². The van der Waals surface area contributed by atoms with Crippen molar-refractivity contribution in [3.05, 3.63) is 29.7 Å². The molecule has 4 heterocycles. The van der Waals surface area contributed by atoms with Crippen LogP contribution in [0.25, 0.3) is 0 Å². The second-order valence-electron chi connectivity index (χ2n) is 8.95. The van der Waals surface area contributed by atoms with Crippen LogP contribution >= 0.6 is 0 Å². The summed E-state index contributed by atoms with van der Waals surface area (Å²) in [5.41, 5.74) is 6.39. The molecule has 1 aromatic carbocycles. The molecule has 2 aromatic rings. The van der Waals surface area contributed by atoms with E-state index in [1.54, 1.807) is 12.1 Å². The highest BCUT2D eigenvalue weighted by Crippen LogP contribution is 2.31. The smallest absolute Gasteiger partial charge is 0.273 e. The number of nitrogens with two attached hydrogens (primary N) is 1. The molecule has 0 bridgehead atoms. The zero-order valence-corrected chi connectivity index (χ0v) is 19.1. The highest BCUT2D eigenvalue weighted by Gasteiger charge is 2.31. The molecule has 3 aliphatic heterocycles. The molecule has 0 atom stereocenters. The van der Waals surface area contributed by atoms with Crippen molar-refractivity contribution >= 4 is 29.0 Å². The molecular formula is C23H30FN7O3. The van der Waals surface area contributed by atoms with Gasteiger partial charge in [-0.3, -0.25) is 4.79 Å². The highest BCUT2D eigenvalue weighted by atomic mass is 19.1. The Bertz CT molecular complexity index is 1020. The molecule has 3 saturated heterocycles. The Balaban J connectivity index is 1.29. The minimum absolute atomic E-state index is 0.0799. The van der Waals surface area contributed by atoms with E-state index < -0.39 is 5.91 Å². The molecule has 0 aliphatic carbocycles. The molecule has 0 spiro atoms. The van der Waals surface area contributed by atoms with Crippen LogP contribution in [0.5, 0.6) is 0 Å². The van der Waals surface area contributed by atoms with E-state index in [1.807, 2.05) is 9.80 Å². The van der Waals surface area contributed by atoms with E-state index in [2.05, 4.69) is 20.5 Å². The summed E-state index contributed by atoms with van der Waals surface area (Å²) in [4.78, 5) is 20.4. The first-order valence-corrected chi connectivity index (χ1v) is 11.9. The lowest BCUT2D eigenvalue weighted by Gasteiger charge is -2.35. The van der Waals surface area contributed by atoms with Gasteiger partial charge in [0.1, 0.15) is 5.82 Å². The second-order valence-corrected chi connectivity index (χ2v) is 8.95. The van der Waals surface area contributed by atoms with Crippen molar-refractivity contribution in [3.8, 4) is 0 Å². The quantitative estimate of drug-likeness (QED) is 0.655. The van der Waals surface area contributed by atoms with Crippen LogP contribution < -0.4 is 20.9 Å². The number of hydrogen-bond acceptors (Lipinski definition) is 9. The lowest BCUT2D eigenvalue weighted by Crippen LogP contribution is -2.38. The van der Waals surface area contributed by atoms with Gasteiger partial charge in [-0.05, 0) is 50.3 Å². The molecule has 3 aliphatic rings. The van der Waals surface area contributed by atoms with Gasteiger partial charge in [0.05, 0.1) is 18.9 Å². The lowest BCUT2D eigenvalue weighted by atomic mass is 9.95. The maximum absolute atomic E-state index is 15.1. The first-order valence-electron chi connectivity index (χ1n) is 11.9. The minimum Gasteiger partial charge on any atom is -0.369 e. The van der Waals surface area contributed by atoms with Crippen LogP contribution in [0.2, 0.25) is 0 Å². The number of ether oxygens (including phenoxy) is 2. The van der Waals surface area contributed by atoms with E-state index in [-0.39, 0.29) is 23.6 Å². The second kappa shape index (κ2) is 10.1. The molecule has 5 rings (SSSR count). The zero-order chi connectivity index (χ0) is 23.5. The fourth-order valence-electron chi connectivity index (χ4n) is 4.84. The number of anilines is 4. The summed E-state index contributed by atoms with van der Waals surface area (Å²) in [6.45, 7) is 4.42. The van der Waals surface area contributed by atoms with Crippen LogP contribution in [0.1, 0.15) is 42.6 Å². The van der Waals surface area contributed by atoms with Crippen LogP contribution in [0.3, 0.4) is 0 Å². The molecule has 34 heavy (non-hydrogen) atoms. The maximum Gasteiger partial charge on any atom is 0.273 e. The number of halogens is 1. The topological polar surface area (TPSA) is 119 Å². The van der Waals surface area contributed by atoms with Gasteiger partial charge in [0, 0.05) is 37.8 Å². The summed E-state index contributed by atoms with van der Waals surface area (Å²) in [6, 6.07) is 4.91. The Morgan fingerprint density at radius 3 is 2.44 bits per heavy atom. The first-order chi connectivity index (χ1) is 16.6. The maximum atomic E-state index is 15.1. The van der Waals surface area contributed by atoms with E-state index in [0.29, 0.717) is 36.5 Å². The van der Waals surface area contributed by atoms with Gasteiger partial charge in [-0.1, -0.05) is 0 Å². The van der Waals surface area contributed by atoms with E-state index >= 15 is 4.39 Å². The molecule has 0 saturated carbocycles. The number of benzene rings is 1. The number of hydrogen-bond donors (Lipinski definition) is 2. The van der Waals surface area contributed by atoms with Gasteiger partial charge in [0.25, 0.3) is 5.91 Å². The van der Waals surface area contributed by atoms with Gasteiger partial charge in [0.15, 0.2) is 17.8 Å². The third kappa shape index (κ3) is 4.90. The Kier molecular flexibility index (Phi) is 6.73. The summed E-state index contributed by atoms with van der Waals surface area (Å²) in [7, 11) is 0. The van der Waals surface area contributed by atoms with Gasteiger partial charge in [-0.15, -0.1) is 10.2 Å². The Morgan fingerprint density at radius 2 is 1.76 bits per heavy atom. The number of amides is 1. The van der Waals surface area contributed by atoms with Crippen molar-refractivity contribution in [1.29, 1.82) is 0 Å². The standard InChI is InChI=1S/C23H30FN7O3/c24-17-14-16(4-5-18(17)30-10-6-15(7-11-30)22-33-12-13-34-22)26-21-19(20(25)32)28-29-23(27-21)31-8-2-1-3-9-31/h4-5,14-15,22H,1-3,6-13H2,(H2,25,32)(H,26,27,29). The van der Waals surface area contributed by atoms with Crippen LogP contribution in [0.15, 0.2) is 18.2 Å². The fourth-order valence-corrected chi connectivity index (χ4v) is 4.84. The van der Waals surface area contributed by atoms with Crippen molar-refractivity contribution in [2.75, 3.05) is 54.5 Å². The number of nitrogens with zero attached hydrogens (tertiary/aromatic N) is 5. The molecule has 1 aromatic heterocycles. The van der Waals surface area contributed by atoms with E-state index in [1.165, 1.54) is 12.5 Å². The predicted octanol–water partition coefficient (Wildman–Crippen LogP) is 2.43. The average Bonchev–Trinajstić information content (AvgIpc) is 3.40. The summed E-state index contributed by atoms with van der Waals surface area (Å²) in [5, 5.41) is 11.1. The number of carbonyl (C=O) groups is 1. The Hall–Kier alpha value is -3.05. The lowest BCUT2D eigenvalue weighted by molar-refractivity contribution is -0.0889.